The van der Waals surface area contributed by atoms with Crippen molar-refractivity contribution in [1.82, 2.24) is 0 Å². The Bertz CT molecular complexity index is 284. The van der Waals surface area contributed by atoms with Crippen LogP contribution in [0.15, 0.2) is 24.3 Å². The lowest BCUT2D eigenvalue weighted by atomic mass is 9.89. The second kappa shape index (κ2) is 3.95. The van der Waals surface area contributed by atoms with E-state index in [1.807, 2.05) is 18.2 Å². The van der Waals surface area contributed by atoms with Crippen molar-refractivity contribution in [3.05, 3.63) is 29.8 Å². The lowest BCUT2D eigenvalue weighted by Crippen LogP contribution is -2.14. The molecule has 0 saturated heterocycles. The molecule has 0 atom stereocenters. The third kappa shape index (κ3) is 2.12. The highest BCUT2D eigenvalue weighted by Gasteiger charge is 2.03. The lowest BCUT2D eigenvalue weighted by molar-refractivity contribution is -0.139. The van der Waals surface area contributed by atoms with Crippen molar-refractivity contribution in [3.8, 4) is 0 Å². The van der Waals surface area contributed by atoms with Gasteiger partial charge in [-0.3, -0.25) is 4.79 Å². The molecule has 1 rings (SSSR count). The monoisotopic (exact) mass is 160 g/mol. The van der Waals surface area contributed by atoms with Crippen LogP contribution in [-0.2, 0) is 16.0 Å². The molecule has 12 heavy (non-hydrogen) atoms. The molecule has 0 aromatic heterocycles. The summed E-state index contributed by atoms with van der Waals surface area (Å²) < 4.78 is 4.51. The molecule has 60 valence electrons. The molecule has 0 aliphatic rings. The Morgan fingerprint density at radius 1 is 1.50 bits per heavy atom. The van der Waals surface area contributed by atoms with E-state index in [0.717, 1.165) is 5.56 Å². The minimum atomic E-state index is -0.270. The van der Waals surface area contributed by atoms with E-state index in [1.54, 1.807) is 6.07 Å². The van der Waals surface area contributed by atoms with Gasteiger partial charge in [0.1, 0.15) is 7.85 Å². The number of carbonyl (C=O) groups excluding carboxylic acids is 1. The van der Waals surface area contributed by atoms with E-state index in [2.05, 4.69) is 4.74 Å². The molecule has 1 aromatic carbocycles. The molecule has 3 heteroatoms. The summed E-state index contributed by atoms with van der Waals surface area (Å²) in [5.74, 6) is -0.270. The van der Waals surface area contributed by atoms with E-state index in [4.69, 9.17) is 7.85 Å². The fourth-order valence-electron chi connectivity index (χ4n) is 0.923. The lowest BCUT2D eigenvalue weighted by Gasteiger charge is -2.03. The molecule has 1 aromatic rings. The predicted molar refractivity (Wildman–Crippen MR) is 47.6 cm³/mol. The van der Waals surface area contributed by atoms with E-state index in [0.29, 0.717) is 5.46 Å². The molecule has 0 aliphatic carbocycles. The second-order valence-electron chi connectivity index (χ2n) is 2.45. The first kappa shape index (κ1) is 8.85. The van der Waals surface area contributed by atoms with E-state index in [1.165, 1.54) is 7.11 Å². The van der Waals surface area contributed by atoms with Crippen LogP contribution in [0, 0.1) is 0 Å². The summed E-state index contributed by atoms with van der Waals surface area (Å²) in [5, 5.41) is 0. The molecule has 0 bridgehead atoms. The Morgan fingerprint density at radius 2 is 2.17 bits per heavy atom. The number of esters is 1. The standard InChI is InChI=1S/C9H9BO2/c1-12-9(11)6-7-4-2-3-5-8(7)10/h2-5H,6H2,1H3. The Morgan fingerprint density at radius 3 is 2.75 bits per heavy atom. The van der Waals surface area contributed by atoms with E-state index in [-0.39, 0.29) is 12.4 Å². The zero-order valence-corrected chi connectivity index (χ0v) is 6.91. The van der Waals surface area contributed by atoms with E-state index < -0.39 is 0 Å². The van der Waals surface area contributed by atoms with Gasteiger partial charge in [0.2, 0.25) is 0 Å². The summed E-state index contributed by atoms with van der Waals surface area (Å²) in [4.78, 5) is 10.9. The first-order valence-corrected chi connectivity index (χ1v) is 3.64. The van der Waals surface area contributed by atoms with Gasteiger partial charge in [0.25, 0.3) is 0 Å². The average Bonchev–Trinajstić information content (AvgIpc) is 2.09. The molecular formula is C9H9BO2. The molecule has 0 amide bonds. The average molecular weight is 160 g/mol. The molecule has 0 aliphatic heterocycles. The molecule has 0 heterocycles. The van der Waals surface area contributed by atoms with Crippen LogP contribution in [0.4, 0.5) is 0 Å². The maximum absolute atomic E-state index is 10.9. The first-order valence-electron chi connectivity index (χ1n) is 3.64. The summed E-state index contributed by atoms with van der Waals surface area (Å²) in [5.41, 5.74) is 1.44. The topological polar surface area (TPSA) is 26.3 Å². The third-order valence-corrected chi connectivity index (χ3v) is 1.62. The number of carbonyl (C=O) groups is 1. The summed E-state index contributed by atoms with van der Waals surface area (Å²) in [7, 11) is 6.98. The van der Waals surface area contributed by atoms with Gasteiger partial charge in [-0.1, -0.05) is 29.7 Å². The normalized spacial score (nSPS) is 9.42. The van der Waals surface area contributed by atoms with Gasteiger partial charge in [-0.05, 0) is 5.56 Å². The van der Waals surface area contributed by atoms with Crippen LogP contribution in [0.5, 0.6) is 0 Å². The highest BCUT2D eigenvalue weighted by molar-refractivity contribution is 6.33. The van der Waals surface area contributed by atoms with Crippen LogP contribution in [0.25, 0.3) is 0 Å². The van der Waals surface area contributed by atoms with Crippen LogP contribution < -0.4 is 5.46 Å². The number of methoxy groups -OCH3 is 1. The minimum Gasteiger partial charge on any atom is -0.469 e. The van der Waals surface area contributed by atoms with Crippen molar-refractivity contribution in [2.45, 2.75) is 6.42 Å². The highest BCUT2D eigenvalue weighted by atomic mass is 16.5. The van der Waals surface area contributed by atoms with Gasteiger partial charge in [0, 0.05) is 0 Å². The van der Waals surface area contributed by atoms with E-state index in [9.17, 15) is 4.79 Å². The smallest absolute Gasteiger partial charge is 0.309 e. The number of hydrogen-bond acceptors (Lipinski definition) is 2. The number of hydrogen-bond donors (Lipinski definition) is 0. The van der Waals surface area contributed by atoms with Crippen molar-refractivity contribution in [2.75, 3.05) is 7.11 Å². The minimum absolute atomic E-state index is 0.239. The maximum atomic E-state index is 10.9. The third-order valence-electron chi connectivity index (χ3n) is 1.62. The fourth-order valence-corrected chi connectivity index (χ4v) is 0.923. The van der Waals surface area contributed by atoms with Crippen molar-refractivity contribution >= 4 is 19.3 Å². The van der Waals surface area contributed by atoms with Gasteiger partial charge < -0.3 is 4.74 Å². The summed E-state index contributed by atoms with van der Waals surface area (Å²) in [6.45, 7) is 0. The molecule has 2 radical (unpaired) electrons. The van der Waals surface area contributed by atoms with E-state index >= 15 is 0 Å². The summed E-state index contributed by atoms with van der Waals surface area (Å²) >= 11 is 0. The van der Waals surface area contributed by atoms with Crippen molar-refractivity contribution < 1.29 is 9.53 Å². The summed E-state index contributed by atoms with van der Waals surface area (Å²) in [6.07, 6.45) is 0.239. The molecule has 2 nitrogen and oxygen atoms in total. The quantitative estimate of drug-likeness (QED) is 0.456. The number of rotatable bonds is 2. The van der Waals surface area contributed by atoms with Crippen LogP contribution in [0.2, 0.25) is 0 Å². The van der Waals surface area contributed by atoms with Gasteiger partial charge in [0.15, 0.2) is 0 Å². The predicted octanol–water partition coefficient (Wildman–Crippen LogP) is 0.196. The SMILES string of the molecule is [B]c1ccccc1CC(=O)OC. The fraction of sp³-hybridized carbons (Fsp3) is 0.222. The molecule has 0 saturated carbocycles. The van der Waals surface area contributed by atoms with Crippen LogP contribution in [0.3, 0.4) is 0 Å². The van der Waals surface area contributed by atoms with Gasteiger partial charge in [-0.25, -0.2) is 0 Å². The van der Waals surface area contributed by atoms with Gasteiger partial charge >= 0.3 is 5.97 Å². The Hall–Kier alpha value is -1.25. The van der Waals surface area contributed by atoms with Gasteiger partial charge in [0.05, 0.1) is 13.5 Å². The molecule has 0 unspecified atom stereocenters. The van der Waals surface area contributed by atoms with Crippen molar-refractivity contribution in [2.24, 2.45) is 0 Å². The van der Waals surface area contributed by atoms with Gasteiger partial charge in [-0.15, -0.1) is 0 Å². The molecule has 0 spiro atoms. The Labute approximate surface area is 73.0 Å². The molecule has 0 fully saturated rings. The van der Waals surface area contributed by atoms with Crippen molar-refractivity contribution in [1.29, 1.82) is 0 Å². The zero-order valence-electron chi connectivity index (χ0n) is 6.91. The maximum Gasteiger partial charge on any atom is 0.309 e. The van der Waals surface area contributed by atoms with Gasteiger partial charge in [-0.2, -0.15) is 0 Å². The van der Waals surface area contributed by atoms with Crippen LogP contribution in [0.1, 0.15) is 5.56 Å². The van der Waals surface area contributed by atoms with Crippen LogP contribution >= 0.6 is 0 Å². The van der Waals surface area contributed by atoms with Crippen LogP contribution in [-0.4, -0.2) is 20.9 Å². The zero-order chi connectivity index (χ0) is 8.97. The number of benzene rings is 1. The highest BCUT2D eigenvalue weighted by Crippen LogP contribution is 1.96. The van der Waals surface area contributed by atoms with Crippen molar-refractivity contribution in [3.63, 3.8) is 0 Å². The summed E-state index contributed by atoms with van der Waals surface area (Å²) in [6, 6.07) is 7.25. The molecular weight excluding hydrogens is 151 g/mol. The largest absolute Gasteiger partial charge is 0.469 e. The first-order chi connectivity index (χ1) is 5.74. The Balaban J connectivity index is 2.75. The molecule has 0 N–H and O–H groups in total. The Kier molecular flexibility index (Phi) is 2.91. The second-order valence-corrected chi connectivity index (χ2v) is 2.45. The number of ether oxygens (including phenoxy) is 1.